The van der Waals surface area contributed by atoms with Crippen LogP contribution in [0.4, 0.5) is 11.5 Å². The summed E-state index contributed by atoms with van der Waals surface area (Å²) in [6, 6.07) is 20.9. The summed E-state index contributed by atoms with van der Waals surface area (Å²) in [4.78, 5) is 17.4. The van der Waals surface area contributed by atoms with E-state index in [-0.39, 0.29) is 5.91 Å². The maximum atomic E-state index is 12.2. The fourth-order valence-corrected chi connectivity index (χ4v) is 2.66. The van der Waals surface area contributed by atoms with Gasteiger partial charge in [-0.15, -0.1) is 0 Å². The SMILES string of the molecule is Cc1ccc(C(=O)Nc2ccc(SNc3ccccn3)cc2)cc1. The van der Waals surface area contributed by atoms with Crippen LogP contribution in [0.25, 0.3) is 0 Å². The lowest BCUT2D eigenvalue weighted by molar-refractivity contribution is 0.102. The molecule has 0 radical (unpaired) electrons. The molecule has 24 heavy (non-hydrogen) atoms. The highest BCUT2D eigenvalue weighted by atomic mass is 32.2. The molecule has 1 heterocycles. The average molecular weight is 335 g/mol. The van der Waals surface area contributed by atoms with Crippen LogP contribution in [0.5, 0.6) is 0 Å². The maximum absolute atomic E-state index is 12.2. The maximum Gasteiger partial charge on any atom is 0.255 e. The monoisotopic (exact) mass is 335 g/mol. The second-order valence-corrected chi connectivity index (χ2v) is 6.14. The van der Waals surface area contributed by atoms with Gasteiger partial charge in [0.2, 0.25) is 0 Å². The predicted molar refractivity (Wildman–Crippen MR) is 99.3 cm³/mol. The van der Waals surface area contributed by atoms with Gasteiger partial charge in [0.15, 0.2) is 0 Å². The number of carbonyl (C=O) groups excluding carboxylic acids is 1. The van der Waals surface area contributed by atoms with Crippen LogP contribution in [0.15, 0.2) is 77.8 Å². The van der Waals surface area contributed by atoms with Crippen LogP contribution in [-0.2, 0) is 0 Å². The van der Waals surface area contributed by atoms with Crippen molar-refractivity contribution in [2.45, 2.75) is 11.8 Å². The highest BCUT2D eigenvalue weighted by molar-refractivity contribution is 8.00. The first-order valence-electron chi connectivity index (χ1n) is 7.53. The van der Waals surface area contributed by atoms with Crippen LogP contribution in [0.1, 0.15) is 15.9 Å². The van der Waals surface area contributed by atoms with Crippen molar-refractivity contribution in [3.8, 4) is 0 Å². The first kappa shape index (κ1) is 16.1. The molecule has 0 spiro atoms. The van der Waals surface area contributed by atoms with Gasteiger partial charge in [0, 0.05) is 22.3 Å². The molecule has 0 unspecified atom stereocenters. The molecule has 0 atom stereocenters. The van der Waals surface area contributed by atoms with E-state index < -0.39 is 0 Å². The lowest BCUT2D eigenvalue weighted by Crippen LogP contribution is -2.11. The van der Waals surface area contributed by atoms with Gasteiger partial charge in [-0.3, -0.25) is 4.79 Å². The molecule has 0 fully saturated rings. The Kier molecular flexibility index (Phi) is 5.13. The third-order valence-electron chi connectivity index (χ3n) is 3.36. The summed E-state index contributed by atoms with van der Waals surface area (Å²) in [7, 11) is 0. The second kappa shape index (κ2) is 7.66. The summed E-state index contributed by atoms with van der Waals surface area (Å²) < 4.78 is 3.17. The van der Waals surface area contributed by atoms with Crippen LogP contribution in [0, 0.1) is 6.92 Å². The molecule has 3 rings (SSSR count). The number of benzene rings is 2. The van der Waals surface area contributed by atoms with E-state index in [0.717, 1.165) is 22.0 Å². The van der Waals surface area contributed by atoms with Crippen molar-refractivity contribution >= 4 is 29.4 Å². The molecule has 120 valence electrons. The fourth-order valence-electron chi connectivity index (χ4n) is 2.05. The molecule has 2 aromatic carbocycles. The summed E-state index contributed by atoms with van der Waals surface area (Å²) in [5.41, 5.74) is 2.55. The quantitative estimate of drug-likeness (QED) is 0.660. The Balaban J connectivity index is 1.58. The summed E-state index contributed by atoms with van der Waals surface area (Å²) in [5.74, 6) is 0.696. The number of carbonyl (C=O) groups is 1. The molecule has 0 aliphatic carbocycles. The summed E-state index contributed by atoms with van der Waals surface area (Å²) in [5, 5.41) is 2.90. The van der Waals surface area contributed by atoms with Gasteiger partial charge >= 0.3 is 0 Å². The van der Waals surface area contributed by atoms with Crippen LogP contribution in [0.2, 0.25) is 0 Å². The van der Waals surface area contributed by atoms with E-state index in [1.54, 1.807) is 6.20 Å². The molecule has 1 amide bonds. The molecule has 0 aliphatic rings. The molecule has 5 heteroatoms. The number of hydrogen-bond acceptors (Lipinski definition) is 4. The van der Waals surface area contributed by atoms with E-state index in [2.05, 4.69) is 15.0 Å². The molecule has 0 saturated carbocycles. The van der Waals surface area contributed by atoms with Crippen LogP contribution in [0.3, 0.4) is 0 Å². The second-order valence-electron chi connectivity index (χ2n) is 5.26. The van der Waals surface area contributed by atoms with E-state index >= 15 is 0 Å². The number of amides is 1. The smallest absolute Gasteiger partial charge is 0.255 e. The minimum Gasteiger partial charge on any atom is -0.322 e. The van der Waals surface area contributed by atoms with Crippen molar-refractivity contribution in [2.75, 3.05) is 10.0 Å². The molecule has 0 bridgehead atoms. The van der Waals surface area contributed by atoms with Crippen LogP contribution >= 0.6 is 11.9 Å². The highest BCUT2D eigenvalue weighted by Gasteiger charge is 2.05. The van der Waals surface area contributed by atoms with Gasteiger partial charge in [-0.05, 0) is 67.4 Å². The van der Waals surface area contributed by atoms with E-state index in [0.29, 0.717) is 5.56 Å². The minimum atomic E-state index is -0.109. The van der Waals surface area contributed by atoms with Gasteiger partial charge in [-0.1, -0.05) is 23.8 Å². The Hall–Kier alpha value is -2.79. The topological polar surface area (TPSA) is 54.0 Å². The van der Waals surface area contributed by atoms with Crippen molar-refractivity contribution in [1.82, 2.24) is 4.98 Å². The Morgan fingerprint density at radius 2 is 1.71 bits per heavy atom. The third-order valence-corrected chi connectivity index (χ3v) is 4.18. The number of aryl methyl sites for hydroxylation is 1. The summed E-state index contributed by atoms with van der Waals surface area (Å²) >= 11 is 1.47. The van der Waals surface area contributed by atoms with Crippen molar-refractivity contribution in [3.63, 3.8) is 0 Å². The number of aromatic nitrogens is 1. The number of nitrogens with one attached hydrogen (secondary N) is 2. The molecule has 1 aromatic heterocycles. The van der Waals surface area contributed by atoms with E-state index in [4.69, 9.17) is 0 Å². The van der Waals surface area contributed by atoms with E-state index in [9.17, 15) is 4.79 Å². The normalized spacial score (nSPS) is 10.2. The zero-order valence-electron chi connectivity index (χ0n) is 13.2. The zero-order chi connectivity index (χ0) is 16.8. The molecule has 0 saturated heterocycles. The first-order valence-corrected chi connectivity index (χ1v) is 8.34. The van der Waals surface area contributed by atoms with Gasteiger partial charge in [0.05, 0.1) is 0 Å². The molecular weight excluding hydrogens is 318 g/mol. The number of rotatable bonds is 5. The molecule has 2 N–H and O–H groups in total. The highest BCUT2D eigenvalue weighted by Crippen LogP contribution is 2.21. The lowest BCUT2D eigenvalue weighted by Gasteiger charge is -2.07. The van der Waals surface area contributed by atoms with Crippen LogP contribution < -0.4 is 10.0 Å². The third kappa shape index (κ3) is 4.36. The lowest BCUT2D eigenvalue weighted by atomic mass is 10.1. The van der Waals surface area contributed by atoms with Crippen LogP contribution in [-0.4, -0.2) is 10.9 Å². The molecule has 0 aliphatic heterocycles. The number of anilines is 2. The Morgan fingerprint density at radius 1 is 0.958 bits per heavy atom. The molecule has 3 aromatic rings. The average Bonchev–Trinajstić information content (AvgIpc) is 2.62. The van der Waals surface area contributed by atoms with Crippen molar-refractivity contribution in [2.24, 2.45) is 0 Å². The molecular formula is C19H17N3OS. The largest absolute Gasteiger partial charge is 0.322 e. The zero-order valence-corrected chi connectivity index (χ0v) is 14.0. The molecule has 4 nitrogen and oxygen atoms in total. The minimum absolute atomic E-state index is 0.109. The fraction of sp³-hybridized carbons (Fsp3) is 0.0526. The van der Waals surface area contributed by atoms with Gasteiger partial charge in [0.25, 0.3) is 5.91 Å². The Bertz CT molecular complexity index is 802. The van der Waals surface area contributed by atoms with Crippen molar-refractivity contribution < 1.29 is 4.79 Å². The van der Waals surface area contributed by atoms with Gasteiger partial charge in [-0.2, -0.15) is 0 Å². The predicted octanol–water partition coefficient (Wildman–Crippen LogP) is 4.76. The van der Waals surface area contributed by atoms with E-state index in [1.165, 1.54) is 11.9 Å². The van der Waals surface area contributed by atoms with Crippen molar-refractivity contribution in [1.29, 1.82) is 0 Å². The summed E-state index contributed by atoms with van der Waals surface area (Å²) in [6.07, 6.45) is 1.74. The van der Waals surface area contributed by atoms with Crippen molar-refractivity contribution in [3.05, 3.63) is 84.1 Å². The van der Waals surface area contributed by atoms with Gasteiger partial charge < -0.3 is 10.0 Å². The number of nitrogens with zero attached hydrogens (tertiary/aromatic N) is 1. The summed E-state index contributed by atoms with van der Waals surface area (Å²) in [6.45, 7) is 2.00. The first-order chi connectivity index (χ1) is 11.7. The Morgan fingerprint density at radius 3 is 2.38 bits per heavy atom. The van der Waals surface area contributed by atoms with Gasteiger partial charge in [-0.25, -0.2) is 4.98 Å². The number of pyridine rings is 1. The Labute approximate surface area is 145 Å². The van der Waals surface area contributed by atoms with E-state index in [1.807, 2.05) is 73.7 Å². The number of hydrogen-bond donors (Lipinski definition) is 2. The standard InChI is InChI=1S/C19H17N3OS/c1-14-5-7-15(8-6-14)19(23)21-16-9-11-17(12-10-16)24-22-18-4-2-3-13-20-18/h2-13H,1H3,(H,20,22)(H,21,23). The van der Waals surface area contributed by atoms with Gasteiger partial charge in [0.1, 0.15) is 5.82 Å².